The number of nitrogens with zero attached hydrogens (tertiary/aromatic N) is 1. The zero-order chi connectivity index (χ0) is 21.8. The first-order valence-electron chi connectivity index (χ1n) is 9.97. The highest BCUT2D eigenvalue weighted by molar-refractivity contribution is 6.04. The molecular formula is C24H23N3O4. The van der Waals surface area contributed by atoms with E-state index in [9.17, 15) is 9.59 Å². The summed E-state index contributed by atoms with van der Waals surface area (Å²) in [4.78, 5) is 26.2. The molecule has 0 saturated heterocycles. The second kappa shape index (κ2) is 8.79. The fraction of sp³-hybridized carbons (Fsp3) is 0.167. The minimum absolute atomic E-state index is 0.297. The van der Waals surface area contributed by atoms with E-state index in [0.717, 1.165) is 5.56 Å². The number of hydrazine groups is 1. The molecule has 0 radical (unpaired) electrons. The Morgan fingerprint density at radius 3 is 2.35 bits per heavy atom. The van der Waals surface area contributed by atoms with Crippen molar-refractivity contribution in [1.29, 1.82) is 0 Å². The fourth-order valence-corrected chi connectivity index (χ4v) is 3.43. The molecule has 158 valence electrons. The Morgan fingerprint density at radius 1 is 1.00 bits per heavy atom. The molecule has 0 bridgehead atoms. The van der Waals surface area contributed by atoms with Gasteiger partial charge in [-0.1, -0.05) is 24.3 Å². The summed E-state index contributed by atoms with van der Waals surface area (Å²) >= 11 is 0. The van der Waals surface area contributed by atoms with Crippen LogP contribution in [0.25, 0.3) is 0 Å². The summed E-state index contributed by atoms with van der Waals surface area (Å²) in [7, 11) is 1.59. The van der Waals surface area contributed by atoms with E-state index in [2.05, 4.69) is 10.7 Å². The van der Waals surface area contributed by atoms with Gasteiger partial charge in [0.2, 0.25) is 0 Å². The summed E-state index contributed by atoms with van der Waals surface area (Å²) in [5.41, 5.74) is 5.18. The predicted molar refractivity (Wildman–Crippen MR) is 117 cm³/mol. The van der Waals surface area contributed by atoms with Crippen molar-refractivity contribution in [2.45, 2.75) is 13.1 Å². The second-order valence-corrected chi connectivity index (χ2v) is 6.94. The average Bonchev–Trinajstić information content (AvgIpc) is 2.81. The molecule has 1 atom stereocenters. The predicted octanol–water partition coefficient (Wildman–Crippen LogP) is 4.01. The van der Waals surface area contributed by atoms with Gasteiger partial charge in [-0.2, -0.15) is 0 Å². The highest BCUT2D eigenvalue weighted by Crippen LogP contribution is 2.32. The molecule has 0 fully saturated rings. The largest absolute Gasteiger partial charge is 0.497 e. The summed E-state index contributed by atoms with van der Waals surface area (Å²) < 4.78 is 10.7. The molecule has 0 aliphatic carbocycles. The monoisotopic (exact) mass is 417 g/mol. The van der Waals surface area contributed by atoms with Crippen LogP contribution >= 0.6 is 0 Å². The molecule has 3 aromatic rings. The van der Waals surface area contributed by atoms with E-state index in [1.54, 1.807) is 43.5 Å². The van der Waals surface area contributed by atoms with Crippen LogP contribution in [0.2, 0.25) is 0 Å². The molecule has 1 unspecified atom stereocenters. The number of carbonyl (C=O) groups excluding carboxylic acids is 2. The Kier molecular flexibility index (Phi) is 5.75. The number of nitrogens with one attached hydrogen (secondary N) is 2. The zero-order valence-electron chi connectivity index (χ0n) is 17.3. The summed E-state index contributed by atoms with van der Waals surface area (Å²) in [5.74, 6) is 0.696. The van der Waals surface area contributed by atoms with Gasteiger partial charge in [0.25, 0.3) is 11.8 Å². The van der Waals surface area contributed by atoms with Crippen LogP contribution < -0.4 is 20.2 Å². The van der Waals surface area contributed by atoms with Gasteiger partial charge >= 0.3 is 0 Å². The smallest absolute Gasteiger partial charge is 0.276 e. The average molecular weight is 417 g/mol. The van der Waals surface area contributed by atoms with Crippen molar-refractivity contribution in [3.8, 4) is 11.5 Å². The summed E-state index contributed by atoms with van der Waals surface area (Å²) in [6, 6.07) is 21.3. The number of anilines is 1. The van der Waals surface area contributed by atoms with Gasteiger partial charge in [0.05, 0.1) is 19.3 Å². The number of benzene rings is 3. The lowest BCUT2D eigenvalue weighted by molar-refractivity contribution is 0.0491. The van der Waals surface area contributed by atoms with E-state index in [-0.39, 0.29) is 5.91 Å². The van der Waals surface area contributed by atoms with Gasteiger partial charge in [-0.15, -0.1) is 0 Å². The molecule has 1 aliphatic rings. The topological polar surface area (TPSA) is 79.9 Å². The Morgan fingerprint density at radius 2 is 1.68 bits per heavy atom. The number of fused-ring (bicyclic) bond motifs is 1. The molecule has 3 aromatic carbocycles. The van der Waals surface area contributed by atoms with Gasteiger partial charge in [-0.05, 0) is 61.0 Å². The number of hydrogen-bond acceptors (Lipinski definition) is 5. The van der Waals surface area contributed by atoms with Crippen molar-refractivity contribution < 1.29 is 19.1 Å². The van der Waals surface area contributed by atoms with Crippen LogP contribution in [0.15, 0.2) is 72.8 Å². The molecule has 2 N–H and O–H groups in total. The first kappa shape index (κ1) is 20.3. The highest BCUT2D eigenvalue weighted by atomic mass is 16.5. The van der Waals surface area contributed by atoms with Crippen molar-refractivity contribution >= 4 is 17.5 Å². The lowest BCUT2D eigenvalue weighted by Crippen LogP contribution is -2.52. The van der Waals surface area contributed by atoms with Crippen LogP contribution in [0, 0.1) is 0 Å². The first-order chi connectivity index (χ1) is 15.1. The van der Waals surface area contributed by atoms with Gasteiger partial charge in [0.15, 0.2) is 0 Å². The summed E-state index contributed by atoms with van der Waals surface area (Å²) in [5, 5.41) is 4.67. The summed E-state index contributed by atoms with van der Waals surface area (Å²) in [6.07, 6.45) is -0.583. The number of para-hydroxylation sites is 1. The van der Waals surface area contributed by atoms with E-state index in [4.69, 9.17) is 9.47 Å². The number of rotatable bonds is 6. The Hall–Kier alpha value is -4.00. The Labute approximate surface area is 180 Å². The van der Waals surface area contributed by atoms with E-state index >= 15 is 0 Å². The van der Waals surface area contributed by atoms with E-state index in [1.165, 1.54) is 5.01 Å². The molecule has 0 spiro atoms. The van der Waals surface area contributed by atoms with Crippen LogP contribution in [-0.4, -0.2) is 30.5 Å². The van der Waals surface area contributed by atoms with Crippen molar-refractivity contribution in [2.75, 3.05) is 19.0 Å². The van der Waals surface area contributed by atoms with Gasteiger partial charge in [0, 0.05) is 11.3 Å². The van der Waals surface area contributed by atoms with Crippen LogP contribution in [0.5, 0.6) is 11.5 Å². The van der Waals surface area contributed by atoms with Crippen molar-refractivity contribution in [1.82, 2.24) is 10.4 Å². The van der Waals surface area contributed by atoms with Crippen LogP contribution in [-0.2, 0) is 0 Å². The molecule has 0 aromatic heterocycles. The van der Waals surface area contributed by atoms with E-state index < -0.39 is 12.1 Å². The molecule has 7 heteroatoms. The Bertz CT molecular complexity index is 1080. The lowest BCUT2D eigenvalue weighted by atomic mass is 10.0. The number of hydrogen-bond donors (Lipinski definition) is 2. The molecular weight excluding hydrogens is 394 g/mol. The maximum atomic E-state index is 13.3. The lowest BCUT2D eigenvalue weighted by Gasteiger charge is -2.37. The van der Waals surface area contributed by atoms with E-state index in [0.29, 0.717) is 34.9 Å². The zero-order valence-corrected chi connectivity index (χ0v) is 17.3. The number of carbonyl (C=O) groups is 2. The summed E-state index contributed by atoms with van der Waals surface area (Å²) in [6.45, 7) is 2.44. The van der Waals surface area contributed by atoms with Crippen LogP contribution in [0.4, 0.5) is 5.69 Å². The molecule has 31 heavy (non-hydrogen) atoms. The SMILES string of the molecule is CCOc1ccc(C(=O)NN2C(=O)c3ccccc3NC2c2ccc(OC)cc2)cc1. The number of amides is 2. The van der Waals surface area contributed by atoms with E-state index in [1.807, 2.05) is 43.3 Å². The minimum Gasteiger partial charge on any atom is -0.497 e. The molecule has 7 nitrogen and oxygen atoms in total. The first-order valence-corrected chi connectivity index (χ1v) is 9.97. The van der Waals surface area contributed by atoms with Crippen LogP contribution in [0.1, 0.15) is 39.4 Å². The molecule has 2 amide bonds. The molecule has 0 saturated carbocycles. The maximum Gasteiger partial charge on any atom is 0.276 e. The molecule has 1 heterocycles. The third-order valence-electron chi connectivity index (χ3n) is 5.01. The minimum atomic E-state index is -0.583. The highest BCUT2D eigenvalue weighted by Gasteiger charge is 2.34. The molecule has 4 rings (SSSR count). The van der Waals surface area contributed by atoms with Crippen molar-refractivity contribution in [3.05, 3.63) is 89.5 Å². The third kappa shape index (κ3) is 4.16. The van der Waals surface area contributed by atoms with Crippen molar-refractivity contribution in [2.24, 2.45) is 0 Å². The van der Waals surface area contributed by atoms with Gasteiger partial charge in [0.1, 0.15) is 17.7 Å². The van der Waals surface area contributed by atoms with Crippen molar-refractivity contribution in [3.63, 3.8) is 0 Å². The number of methoxy groups -OCH3 is 1. The van der Waals surface area contributed by atoms with Gasteiger partial charge < -0.3 is 14.8 Å². The van der Waals surface area contributed by atoms with Gasteiger partial charge in [-0.3, -0.25) is 15.0 Å². The standard InChI is InChI=1S/C24H23N3O4/c1-3-31-19-14-10-17(11-15-19)23(28)26-27-22(16-8-12-18(30-2)13-9-16)25-21-7-5-4-6-20(21)24(27)29/h4-15,22,25H,3H2,1-2H3,(H,26,28). The quantitative estimate of drug-likeness (QED) is 0.634. The number of ether oxygens (including phenoxy) is 2. The van der Waals surface area contributed by atoms with Gasteiger partial charge in [-0.25, -0.2) is 5.01 Å². The third-order valence-corrected chi connectivity index (χ3v) is 5.01. The second-order valence-electron chi connectivity index (χ2n) is 6.94. The molecule has 1 aliphatic heterocycles. The maximum absolute atomic E-state index is 13.3. The fourth-order valence-electron chi connectivity index (χ4n) is 3.43. The van der Waals surface area contributed by atoms with Crippen LogP contribution in [0.3, 0.4) is 0 Å². The normalized spacial score (nSPS) is 15.0. The Balaban J connectivity index is 1.64.